The second-order valence-corrected chi connectivity index (χ2v) is 8.48. The highest BCUT2D eigenvalue weighted by molar-refractivity contribution is 7.92. The summed E-state index contributed by atoms with van der Waals surface area (Å²) in [7, 11) is -3.28. The Morgan fingerprint density at radius 1 is 1.24 bits per heavy atom. The number of benzene rings is 1. The molecule has 2 rings (SSSR count). The van der Waals surface area contributed by atoms with Crippen molar-refractivity contribution in [3.05, 3.63) is 41.6 Å². The van der Waals surface area contributed by atoms with E-state index in [0.717, 1.165) is 22.2 Å². The van der Waals surface area contributed by atoms with E-state index >= 15 is 0 Å². The Hall–Kier alpha value is -1.50. The Morgan fingerprint density at radius 3 is 2.48 bits per heavy atom. The first kappa shape index (κ1) is 15.9. The van der Waals surface area contributed by atoms with Crippen LogP contribution < -0.4 is 11.3 Å². The van der Waals surface area contributed by atoms with Crippen LogP contribution in [0.15, 0.2) is 30.3 Å². The van der Waals surface area contributed by atoms with Crippen molar-refractivity contribution in [3.63, 3.8) is 0 Å². The van der Waals surface area contributed by atoms with Crippen molar-refractivity contribution in [1.82, 2.24) is 10.4 Å². The molecule has 0 amide bonds. The summed E-state index contributed by atoms with van der Waals surface area (Å²) in [4.78, 5) is 4.44. The SMILES string of the molecule is Cc1ccc2cc(C(NN)C(C)(C)S(C)(=O)=O)ccc2n1. The monoisotopic (exact) mass is 307 g/mol. The molecule has 0 radical (unpaired) electrons. The number of rotatable bonds is 4. The molecule has 0 fully saturated rings. The van der Waals surface area contributed by atoms with E-state index in [1.807, 2.05) is 37.3 Å². The van der Waals surface area contributed by atoms with Crippen LogP contribution in [0.5, 0.6) is 0 Å². The second kappa shape index (κ2) is 5.36. The van der Waals surface area contributed by atoms with Crippen LogP contribution in [0.2, 0.25) is 0 Å². The molecule has 1 aromatic heterocycles. The lowest BCUT2D eigenvalue weighted by Gasteiger charge is -2.32. The van der Waals surface area contributed by atoms with Gasteiger partial charge < -0.3 is 0 Å². The molecular weight excluding hydrogens is 286 g/mol. The topological polar surface area (TPSA) is 85.1 Å². The van der Waals surface area contributed by atoms with Crippen LogP contribution in [0.1, 0.15) is 31.1 Å². The van der Waals surface area contributed by atoms with Gasteiger partial charge in [-0.25, -0.2) is 8.42 Å². The van der Waals surface area contributed by atoms with Crippen LogP contribution in [-0.4, -0.2) is 24.4 Å². The fourth-order valence-electron chi connectivity index (χ4n) is 2.34. The van der Waals surface area contributed by atoms with E-state index in [-0.39, 0.29) is 0 Å². The molecule has 21 heavy (non-hydrogen) atoms. The van der Waals surface area contributed by atoms with Crippen molar-refractivity contribution >= 4 is 20.7 Å². The van der Waals surface area contributed by atoms with E-state index in [9.17, 15) is 8.42 Å². The fourth-order valence-corrected chi connectivity index (χ4v) is 2.97. The lowest BCUT2D eigenvalue weighted by molar-refractivity contribution is 0.428. The molecule has 0 aliphatic carbocycles. The third-order valence-corrected chi connectivity index (χ3v) is 6.15. The molecule has 1 aromatic carbocycles. The Bertz CT molecular complexity index is 770. The quantitative estimate of drug-likeness (QED) is 0.665. The normalized spacial score (nSPS) is 14.3. The van der Waals surface area contributed by atoms with Crippen molar-refractivity contribution < 1.29 is 8.42 Å². The summed E-state index contributed by atoms with van der Waals surface area (Å²) in [6, 6.07) is 9.09. The Balaban J connectivity index is 2.56. The van der Waals surface area contributed by atoms with Crippen LogP contribution >= 0.6 is 0 Å². The maximum Gasteiger partial charge on any atom is 0.154 e. The number of sulfone groups is 1. The number of aromatic nitrogens is 1. The molecule has 114 valence electrons. The van der Waals surface area contributed by atoms with Gasteiger partial charge in [0.25, 0.3) is 0 Å². The number of nitrogens with two attached hydrogens (primary N) is 1. The third-order valence-electron chi connectivity index (χ3n) is 4.00. The van der Waals surface area contributed by atoms with Gasteiger partial charge in [0.1, 0.15) is 0 Å². The van der Waals surface area contributed by atoms with E-state index < -0.39 is 20.6 Å². The lowest BCUT2D eigenvalue weighted by atomic mass is 9.94. The molecule has 6 heteroatoms. The first-order chi connectivity index (χ1) is 9.66. The van der Waals surface area contributed by atoms with Crippen LogP contribution in [0.25, 0.3) is 10.9 Å². The van der Waals surface area contributed by atoms with Crippen LogP contribution in [-0.2, 0) is 9.84 Å². The third kappa shape index (κ3) is 2.92. The van der Waals surface area contributed by atoms with Crippen molar-refractivity contribution in [3.8, 4) is 0 Å². The number of hydrazine groups is 1. The molecule has 1 heterocycles. The van der Waals surface area contributed by atoms with E-state index in [1.165, 1.54) is 6.26 Å². The molecule has 0 aliphatic rings. The summed E-state index contributed by atoms with van der Waals surface area (Å²) in [5.74, 6) is 5.63. The second-order valence-electron chi connectivity index (χ2n) is 5.88. The standard InChI is InChI=1S/C15H21N3O2S/c1-10-5-6-11-9-12(7-8-13(11)17-10)14(18-16)15(2,3)21(4,19)20/h5-9,14,18H,16H2,1-4H3. The molecule has 1 atom stereocenters. The number of aryl methyl sites for hydroxylation is 1. The van der Waals surface area contributed by atoms with Gasteiger partial charge in [-0.2, -0.15) is 0 Å². The molecule has 0 spiro atoms. The van der Waals surface area contributed by atoms with Crippen molar-refractivity contribution in [1.29, 1.82) is 0 Å². The first-order valence-corrected chi connectivity index (χ1v) is 8.59. The number of hydrogen-bond donors (Lipinski definition) is 2. The van der Waals surface area contributed by atoms with Crippen molar-refractivity contribution in [2.45, 2.75) is 31.6 Å². The smallest absolute Gasteiger partial charge is 0.154 e. The Kier molecular flexibility index (Phi) is 4.06. The minimum atomic E-state index is -3.28. The van der Waals surface area contributed by atoms with E-state index in [2.05, 4.69) is 10.4 Å². The summed E-state index contributed by atoms with van der Waals surface area (Å²) < 4.78 is 23.0. The summed E-state index contributed by atoms with van der Waals surface area (Å²) in [5.41, 5.74) is 5.29. The van der Waals surface area contributed by atoms with E-state index in [4.69, 9.17) is 5.84 Å². The highest BCUT2D eigenvalue weighted by Gasteiger charge is 2.39. The summed E-state index contributed by atoms with van der Waals surface area (Å²) in [6.07, 6.45) is 1.23. The Labute approximate surface area is 125 Å². The Morgan fingerprint density at radius 2 is 1.90 bits per heavy atom. The van der Waals surface area contributed by atoms with Gasteiger partial charge in [-0.1, -0.05) is 12.1 Å². The number of nitrogens with one attached hydrogen (secondary N) is 1. The minimum Gasteiger partial charge on any atom is -0.271 e. The predicted octanol–water partition coefficient (Wildman–Crippen LogP) is 1.87. The summed E-state index contributed by atoms with van der Waals surface area (Å²) >= 11 is 0. The van der Waals surface area contributed by atoms with Gasteiger partial charge in [-0.15, -0.1) is 0 Å². The average molecular weight is 307 g/mol. The molecule has 3 N–H and O–H groups in total. The average Bonchev–Trinajstić information content (AvgIpc) is 2.38. The summed E-state index contributed by atoms with van der Waals surface area (Å²) in [5, 5.41) is 0.961. The highest BCUT2D eigenvalue weighted by atomic mass is 32.2. The van der Waals surface area contributed by atoms with Crippen LogP contribution in [0, 0.1) is 6.92 Å². The van der Waals surface area contributed by atoms with Gasteiger partial charge in [0.15, 0.2) is 9.84 Å². The molecule has 2 aromatic rings. The highest BCUT2D eigenvalue weighted by Crippen LogP contribution is 2.32. The van der Waals surface area contributed by atoms with E-state index in [1.54, 1.807) is 13.8 Å². The van der Waals surface area contributed by atoms with Gasteiger partial charge in [-0.05, 0) is 44.5 Å². The maximum absolute atomic E-state index is 12.0. The number of nitrogens with zero attached hydrogens (tertiary/aromatic N) is 1. The number of pyridine rings is 1. The van der Waals surface area contributed by atoms with Gasteiger partial charge in [0.2, 0.25) is 0 Å². The van der Waals surface area contributed by atoms with E-state index in [0.29, 0.717) is 0 Å². The number of hydrogen-bond acceptors (Lipinski definition) is 5. The predicted molar refractivity (Wildman–Crippen MR) is 85.5 cm³/mol. The summed E-state index contributed by atoms with van der Waals surface area (Å²) in [6.45, 7) is 5.28. The first-order valence-electron chi connectivity index (χ1n) is 6.70. The zero-order valence-corrected chi connectivity index (χ0v) is 13.5. The van der Waals surface area contributed by atoms with Crippen molar-refractivity contribution in [2.75, 3.05) is 6.26 Å². The molecule has 0 bridgehead atoms. The molecule has 1 unspecified atom stereocenters. The van der Waals surface area contributed by atoms with Gasteiger partial charge in [0, 0.05) is 17.3 Å². The van der Waals surface area contributed by atoms with Gasteiger partial charge in [0.05, 0.1) is 16.3 Å². The maximum atomic E-state index is 12.0. The van der Waals surface area contributed by atoms with Crippen LogP contribution in [0.3, 0.4) is 0 Å². The number of fused-ring (bicyclic) bond motifs is 1. The molecular formula is C15H21N3O2S. The van der Waals surface area contributed by atoms with Crippen LogP contribution in [0.4, 0.5) is 0 Å². The molecule has 0 aliphatic heterocycles. The fraction of sp³-hybridized carbons (Fsp3) is 0.400. The van der Waals surface area contributed by atoms with Gasteiger partial charge in [-0.3, -0.25) is 16.3 Å². The zero-order chi connectivity index (χ0) is 15.8. The minimum absolute atomic E-state index is 0.502. The lowest BCUT2D eigenvalue weighted by Crippen LogP contribution is -2.47. The molecule has 0 saturated heterocycles. The van der Waals surface area contributed by atoms with Crippen molar-refractivity contribution in [2.24, 2.45) is 5.84 Å². The van der Waals surface area contributed by atoms with Gasteiger partial charge >= 0.3 is 0 Å². The molecule has 0 saturated carbocycles. The molecule has 5 nitrogen and oxygen atoms in total. The largest absolute Gasteiger partial charge is 0.271 e. The zero-order valence-electron chi connectivity index (χ0n) is 12.7.